The van der Waals surface area contributed by atoms with Crippen molar-refractivity contribution in [3.05, 3.63) is 23.9 Å². The Bertz CT molecular complexity index is 316. The van der Waals surface area contributed by atoms with Crippen LogP contribution in [0.4, 0.5) is 0 Å². The molecule has 1 aromatic rings. The van der Waals surface area contributed by atoms with Crippen molar-refractivity contribution in [2.75, 3.05) is 26.0 Å². The van der Waals surface area contributed by atoms with Crippen LogP contribution < -0.4 is 5.32 Å². The van der Waals surface area contributed by atoms with E-state index < -0.39 is 0 Å². The number of ether oxygens (including phenoxy) is 1. The fraction of sp³-hybridized carbons (Fsp3) is 0.643. The van der Waals surface area contributed by atoms with Crippen molar-refractivity contribution in [2.24, 2.45) is 0 Å². The Kier molecular flexibility index (Phi) is 8.05. The Balaban J connectivity index is 2.37. The van der Waals surface area contributed by atoms with Crippen LogP contribution in [0, 0.1) is 0 Å². The van der Waals surface area contributed by atoms with Crippen molar-refractivity contribution in [2.45, 2.75) is 37.8 Å². The highest BCUT2D eigenvalue weighted by molar-refractivity contribution is 7.99. The summed E-state index contributed by atoms with van der Waals surface area (Å²) in [5, 5.41) is 4.56. The first-order valence-corrected chi connectivity index (χ1v) is 7.57. The highest BCUT2D eigenvalue weighted by atomic mass is 32.2. The van der Waals surface area contributed by atoms with E-state index in [4.69, 9.17) is 4.74 Å². The molecule has 1 atom stereocenters. The number of rotatable bonds is 9. The minimum atomic E-state index is 0.380. The second-order valence-electron chi connectivity index (χ2n) is 4.30. The number of methoxy groups -OCH3 is 1. The van der Waals surface area contributed by atoms with Crippen LogP contribution >= 0.6 is 11.8 Å². The fourth-order valence-electron chi connectivity index (χ4n) is 1.59. The van der Waals surface area contributed by atoms with Crippen LogP contribution in [0.2, 0.25) is 0 Å². The predicted octanol–water partition coefficient (Wildman–Crippen LogP) is 3.27. The molecular formula is C14H24N2OS. The Morgan fingerprint density at radius 3 is 2.89 bits per heavy atom. The molecule has 1 heterocycles. The lowest BCUT2D eigenvalue weighted by Crippen LogP contribution is -2.19. The summed E-state index contributed by atoms with van der Waals surface area (Å²) < 4.78 is 5.03. The minimum Gasteiger partial charge on any atom is -0.385 e. The molecule has 1 aromatic heterocycles. The number of pyridine rings is 1. The van der Waals surface area contributed by atoms with Crippen LogP contribution in [-0.2, 0) is 4.74 Å². The molecule has 0 saturated carbocycles. The third kappa shape index (κ3) is 5.85. The molecule has 3 nitrogen and oxygen atoms in total. The molecule has 18 heavy (non-hydrogen) atoms. The normalized spacial score (nSPS) is 12.6. The second kappa shape index (κ2) is 9.36. The summed E-state index contributed by atoms with van der Waals surface area (Å²) in [6.45, 7) is 6.23. The van der Waals surface area contributed by atoms with Crippen molar-refractivity contribution in [1.29, 1.82) is 0 Å². The fourth-order valence-corrected chi connectivity index (χ4v) is 2.35. The molecule has 0 fully saturated rings. The van der Waals surface area contributed by atoms with Gasteiger partial charge in [-0.3, -0.25) is 0 Å². The lowest BCUT2D eigenvalue weighted by Gasteiger charge is -2.13. The van der Waals surface area contributed by atoms with E-state index in [1.54, 1.807) is 18.9 Å². The molecule has 102 valence electrons. The Morgan fingerprint density at radius 1 is 1.44 bits per heavy atom. The number of aromatic nitrogens is 1. The lowest BCUT2D eigenvalue weighted by atomic mass is 10.1. The average Bonchev–Trinajstić information content (AvgIpc) is 2.41. The first kappa shape index (κ1) is 15.5. The van der Waals surface area contributed by atoms with Gasteiger partial charge in [-0.25, -0.2) is 4.98 Å². The molecule has 0 spiro atoms. The summed E-state index contributed by atoms with van der Waals surface area (Å²) in [5.41, 5.74) is 1.25. The standard InChI is InChI=1S/C14H24N2OS/c1-4-8-15-12(2)13-6-7-14(16-11-13)18-10-5-9-17-3/h6-7,11-12,15H,4-5,8-10H2,1-3H3. The van der Waals surface area contributed by atoms with E-state index in [2.05, 4.69) is 36.3 Å². The smallest absolute Gasteiger partial charge is 0.0960 e. The van der Waals surface area contributed by atoms with Gasteiger partial charge < -0.3 is 10.1 Å². The molecule has 1 rings (SSSR count). The van der Waals surface area contributed by atoms with Crippen LogP contribution in [-0.4, -0.2) is 31.0 Å². The topological polar surface area (TPSA) is 34.1 Å². The van der Waals surface area contributed by atoms with Crippen LogP contribution in [0.3, 0.4) is 0 Å². The van der Waals surface area contributed by atoms with Gasteiger partial charge in [0.25, 0.3) is 0 Å². The number of thioether (sulfide) groups is 1. The van der Waals surface area contributed by atoms with E-state index in [9.17, 15) is 0 Å². The van der Waals surface area contributed by atoms with Gasteiger partial charge in [0.15, 0.2) is 0 Å². The third-order valence-electron chi connectivity index (χ3n) is 2.70. The van der Waals surface area contributed by atoms with E-state index in [0.717, 1.165) is 36.8 Å². The zero-order chi connectivity index (χ0) is 13.2. The lowest BCUT2D eigenvalue weighted by molar-refractivity contribution is 0.200. The summed E-state index contributed by atoms with van der Waals surface area (Å²) >= 11 is 1.79. The molecule has 1 unspecified atom stereocenters. The van der Waals surface area contributed by atoms with E-state index in [0.29, 0.717) is 6.04 Å². The number of hydrogen-bond acceptors (Lipinski definition) is 4. The first-order chi connectivity index (χ1) is 8.77. The van der Waals surface area contributed by atoms with Crippen molar-refractivity contribution in [1.82, 2.24) is 10.3 Å². The van der Waals surface area contributed by atoms with Crippen LogP contribution in [0.1, 0.15) is 38.3 Å². The zero-order valence-corrected chi connectivity index (χ0v) is 12.4. The molecule has 0 saturated heterocycles. The zero-order valence-electron chi connectivity index (χ0n) is 11.6. The van der Waals surface area contributed by atoms with Gasteiger partial charge in [0.2, 0.25) is 0 Å². The van der Waals surface area contributed by atoms with Gasteiger partial charge >= 0.3 is 0 Å². The van der Waals surface area contributed by atoms with Gasteiger partial charge in [0.05, 0.1) is 5.03 Å². The van der Waals surface area contributed by atoms with E-state index >= 15 is 0 Å². The van der Waals surface area contributed by atoms with Crippen molar-refractivity contribution >= 4 is 11.8 Å². The van der Waals surface area contributed by atoms with Gasteiger partial charge in [-0.05, 0) is 37.9 Å². The van der Waals surface area contributed by atoms with E-state index in [1.165, 1.54) is 5.56 Å². The maximum absolute atomic E-state index is 5.03. The summed E-state index contributed by atoms with van der Waals surface area (Å²) in [6.07, 6.45) is 4.20. The third-order valence-corrected chi connectivity index (χ3v) is 3.73. The molecule has 0 aromatic carbocycles. The Hall–Kier alpha value is -0.580. The molecule has 0 aliphatic heterocycles. The van der Waals surface area contributed by atoms with Gasteiger partial charge in [-0.1, -0.05) is 13.0 Å². The molecule has 4 heteroatoms. The molecule has 0 amide bonds. The van der Waals surface area contributed by atoms with Crippen LogP contribution in [0.5, 0.6) is 0 Å². The quantitative estimate of drug-likeness (QED) is 0.550. The maximum Gasteiger partial charge on any atom is 0.0960 e. The summed E-state index contributed by atoms with van der Waals surface area (Å²) in [4.78, 5) is 4.49. The van der Waals surface area contributed by atoms with Crippen molar-refractivity contribution in [3.8, 4) is 0 Å². The maximum atomic E-state index is 5.03. The molecule has 0 aliphatic carbocycles. The molecular weight excluding hydrogens is 244 g/mol. The van der Waals surface area contributed by atoms with Crippen LogP contribution in [0.25, 0.3) is 0 Å². The number of nitrogens with zero attached hydrogens (tertiary/aromatic N) is 1. The van der Waals surface area contributed by atoms with E-state index in [1.807, 2.05) is 6.20 Å². The second-order valence-corrected chi connectivity index (χ2v) is 5.42. The molecule has 0 bridgehead atoms. The van der Waals surface area contributed by atoms with Crippen molar-refractivity contribution < 1.29 is 4.74 Å². The van der Waals surface area contributed by atoms with Gasteiger partial charge in [-0.2, -0.15) is 0 Å². The highest BCUT2D eigenvalue weighted by Crippen LogP contribution is 2.18. The largest absolute Gasteiger partial charge is 0.385 e. The molecule has 0 aliphatic rings. The van der Waals surface area contributed by atoms with Gasteiger partial charge in [0.1, 0.15) is 0 Å². The molecule has 1 N–H and O–H groups in total. The van der Waals surface area contributed by atoms with Gasteiger partial charge in [-0.15, -0.1) is 11.8 Å². The Labute approximate surface area is 115 Å². The number of nitrogens with one attached hydrogen (secondary N) is 1. The Morgan fingerprint density at radius 2 is 2.28 bits per heavy atom. The number of hydrogen-bond donors (Lipinski definition) is 1. The minimum absolute atomic E-state index is 0.380. The first-order valence-electron chi connectivity index (χ1n) is 6.59. The van der Waals surface area contributed by atoms with E-state index in [-0.39, 0.29) is 0 Å². The summed E-state index contributed by atoms with van der Waals surface area (Å²) in [7, 11) is 1.74. The van der Waals surface area contributed by atoms with Gasteiger partial charge in [0, 0.05) is 31.7 Å². The van der Waals surface area contributed by atoms with Crippen LogP contribution in [0.15, 0.2) is 23.4 Å². The summed E-state index contributed by atoms with van der Waals surface area (Å²) in [6, 6.07) is 4.65. The SMILES string of the molecule is CCCNC(C)c1ccc(SCCCOC)nc1. The average molecular weight is 268 g/mol. The van der Waals surface area contributed by atoms with Crippen molar-refractivity contribution in [3.63, 3.8) is 0 Å². The highest BCUT2D eigenvalue weighted by Gasteiger charge is 2.04. The predicted molar refractivity (Wildman–Crippen MR) is 78.2 cm³/mol. The molecule has 0 radical (unpaired) electrons. The monoisotopic (exact) mass is 268 g/mol. The summed E-state index contributed by atoms with van der Waals surface area (Å²) in [5.74, 6) is 1.06.